The molecule has 0 saturated heterocycles. The maximum absolute atomic E-state index is 13.5. The van der Waals surface area contributed by atoms with Crippen molar-refractivity contribution in [3.63, 3.8) is 0 Å². The molecule has 0 aliphatic carbocycles. The summed E-state index contributed by atoms with van der Waals surface area (Å²) in [5.41, 5.74) is -1.90. The summed E-state index contributed by atoms with van der Waals surface area (Å²) in [5, 5.41) is 8.62. The predicted molar refractivity (Wildman–Crippen MR) is 52.1 cm³/mol. The number of benzene rings is 1. The Morgan fingerprint density at radius 2 is 1.42 bits per heavy atom. The van der Waals surface area contributed by atoms with Crippen molar-refractivity contribution in [2.24, 2.45) is 0 Å². The van der Waals surface area contributed by atoms with E-state index in [0.29, 0.717) is 6.07 Å². The minimum absolute atomic E-state index is 0.445. The third kappa shape index (κ3) is 2.68. The van der Waals surface area contributed by atoms with E-state index >= 15 is 0 Å². The lowest BCUT2D eigenvalue weighted by atomic mass is 9.95. The van der Waals surface area contributed by atoms with E-state index in [0.717, 1.165) is 12.1 Å². The van der Waals surface area contributed by atoms with Crippen LogP contribution in [0.4, 0.5) is 30.7 Å². The van der Waals surface area contributed by atoms with Crippen molar-refractivity contribution >= 4 is 0 Å². The number of halogens is 7. The van der Waals surface area contributed by atoms with Crippen LogP contribution in [0.5, 0.6) is 0 Å². The Morgan fingerprint density at radius 1 is 0.895 bits per heavy atom. The first-order chi connectivity index (χ1) is 8.55. The number of aliphatic hydroxyl groups excluding tert-OH is 1. The van der Waals surface area contributed by atoms with Gasteiger partial charge in [-0.3, -0.25) is 0 Å². The monoisotopic (exact) mass is 290 g/mol. The van der Waals surface area contributed by atoms with Crippen LogP contribution in [0.2, 0.25) is 0 Å². The van der Waals surface area contributed by atoms with Crippen LogP contribution in [-0.4, -0.2) is 23.8 Å². The Kier molecular flexibility index (Phi) is 4.14. The molecule has 1 rings (SSSR count). The molecule has 1 N–H and O–H groups in total. The molecule has 0 aliphatic rings. The van der Waals surface area contributed by atoms with Crippen LogP contribution < -0.4 is 0 Å². The lowest BCUT2D eigenvalue weighted by molar-refractivity contribution is -0.359. The summed E-state index contributed by atoms with van der Waals surface area (Å²) in [6.07, 6.45) is -6.82. The van der Waals surface area contributed by atoms with Crippen LogP contribution in [0.15, 0.2) is 24.3 Å². The van der Waals surface area contributed by atoms with Crippen molar-refractivity contribution < 1.29 is 35.8 Å². The van der Waals surface area contributed by atoms with Gasteiger partial charge in [-0.25, -0.2) is 0 Å². The van der Waals surface area contributed by atoms with E-state index in [9.17, 15) is 30.7 Å². The highest BCUT2D eigenvalue weighted by Crippen LogP contribution is 2.52. The first kappa shape index (κ1) is 15.7. The van der Waals surface area contributed by atoms with E-state index in [1.54, 1.807) is 0 Å². The highest BCUT2D eigenvalue weighted by atomic mass is 19.4. The molecular weight excluding hydrogens is 281 g/mol. The molecule has 0 amide bonds. The lowest BCUT2D eigenvalue weighted by Crippen LogP contribution is -2.50. The van der Waals surface area contributed by atoms with Crippen LogP contribution in [0.3, 0.4) is 0 Å². The van der Waals surface area contributed by atoms with Gasteiger partial charge in [0.25, 0.3) is 0 Å². The number of rotatable bonds is 4. The minimum Gasteiger partial charge on any atom is -0.396 e. The zero-order valence-electron chi connectivity index (χ0n) is 9.32. The molecule has 0 radical (unpaired) electrons. The van der Waals surface area contributed by atoms with Crippen molar-refractivity contribution in [3.8, 4) is 0 Å². The predicted octanol–water partition coefficient (Wildman–Crippen LogP) is 3.51. The van der Waals surface area contributed by atoms with Gasteiger partial charge in [-0.1, -0.05) is 24.3 Å². The summed E-state index contributed by atoms with van der Waals surface area (Å²) in [4.78, 5) is 0. The Labute approximate surface area is 103 Å². The van der Waals surface area contributed by atoms with Gasteiger partial charge in [0, 0.05) is 12.2 Å². The molecule has 0 bridgehead atoms. The average Bonchev–Trinajstić information content (AvgIpc) is 2.28. The molecular formula is C11H9F7O. The number of hydrogen-bond donors (Lipinski definition) is 1. The van der Waals surface area contributed by atoms with Gasteiger partial charge in [0.15, 0.2) is 0 Å². The molecule has 0 fully saturated rings. The molecule has 108 valence electrons. The smallest absolute Gasteiger partial charge is 0.396 e. The molecule has 1 aromatic rings. The third-order valence-electron chi connectivity index (χ3n) is 2.49. The summed E-state index contributed by atoms with van der Waals surface area (Å²) < 4.78 is 88.8. The van der Waals surface area contributed by atoms with E-state index in [4.69, 9.17) is 5.11 Å². The first-order valence-corrected chi connectivity index (χ1v) is 5.07. The first-order valence-electron chi connectivity index (χ1n) is 5.07. The molecule has 0 spiro atoms. The van der Waals surface area contributed by atoms with Crippen LogP contribution in [-0.2, 0) is 12.3 Å². The zero-order chi connectivity index (χ0) is 14.9. The fourth-order valence-corrected chi connectivity index (χ4v) is 1.51. The van der Waals surface area contributed by atoms with Gasteiger partial charge in [-0.05, 0) is 12.0 Å². The van der Waals surface area contributed by atoms with Crippen molar-refractivity contribution in [1.82, 2.24) is 0 Å². The molecule has 0 saturated carbocycles. The summed E-state index contributed by atoms with van der Waals surface area (Å²) in [6, 6.07) is 3.59. The van der Waals surface area contributed by atoms with Gasteiger partial charge in [-0.15, -0.1) is 0 Å². The highest BCUT2D eigenvalue weighted by Gasteiger charge is 2.73. The van der Waals surface area contributed by atoms with Gasteiger partial charge in [0.1, 0.15) is 0 Å². The molecule has 0 unspecified atom stereocenters. The Morgan fingerprint density at radius 3 is 1.89 bits per heavy atom. The second kappa shape index (κ2) is 4.99. The number of hydrogen-bond acceptors (Lipinski definition) is 1. The second-order valence-corrected chi connectivity index (χ2v) is 3.78. The van der Waals surface area contributed by atoms with E-state index in [-0.39, 0.29) is 0 Å². The molecule has 1 aromatic carbocycles. The third-order valence-corrected chi connectivity index (χ3v) is 2.49. The number of alkyl halides is 7. The zero-order valence-corrected chi connectivity index (χ0v) is 9.32. The van der Waals surface area contributed by atoms with E-state index in [2.05, 4.69) is 0 Å². The van der Waals surface area contributed by atoms with Crippen LogP contribution >= 0.6 is 0 Å². The standard InChI is InChI=1S/C11H9F7O/c12-9(13,10(14,15)11(16,17)18)8-4-2-1-3-7(8)5-6-19/h1-4,19H,5-6H2. The molecule has 19 heavy (non-hydrogen) atoms. The Balaban J connectivity index is 3.35. The summed E-state index contributed by atoms with van der Waals surface area (Å²) in [5.74, 6) is -11.6. The molecule has 1 nitrogen and oxygen atoms in total. The topological polar surface area (TPSA) is 20.2 Å². The average molecular weight is 290 g/mol. The summed E-state index contributed by atoms with van der Waals surface area (Å²) in [6.45, 7) is -0.648. The van der Waals surface area contributed by atoms with Gasteiger partial charge in [0.05, 0.1) is 0 Å². The van der Waals surface area contributed by atoms with E-state index < -0.39 is 42.2 Å². The second-order valence-electron chi connectivity index (χ2n) is 3.78. The van der Waals surface area contributed by atoms with E-state index in [1.807, 2.05) is 0 Å². The largest absolute Gasteiger partial charge is 0.460 e. The molecule has 0 aromatic heterocycles. The van der Waals surface area contributed by atoms with Crippen LogP contribution in [0, 0.1) is 0 Å². The highest BCUT2D eigenvalue weighted by molar-refractivity contribution is 5.33. The van der Waals surface area contributed by atoms with Crippen molar-refractivity contribution in [2.75, 3.05) is 6.61 Å². The van der Waals surface area contributed by atoms with Gasteiger partial charge in [0.2, 0.25) is 0 Å². The summed E-state index contributed by atoms with van der Waals surface area (Å²) in [7, 11) is 0. The summed E-state index contributed by atoms with van der Waals surface area (Å²) >= 11 is 0. The van der Waals surface area contributed by atoms with Gasteiger partial charge < -0.3 is 5.11 Å². The molecule has 0 heterocycles. The quantitative estimate of drug-likeness (QED) is 0.841. The molecule has 0 atom stereocenters. The minimum atomic E-state index is -6.37. The van der Waals surface area contributed by atoms with Gasteiger partial charge >= 0.3 is 18.0 Å². The fourth-order valence-electron chi connectivity index (χ4n) is 1.51. The van der Waals surface area contributed by atoms with Crippen molar-refractivity contribution in [3.05, 3.63) is 35.4 Å². The van der Waals surface area contributed by atoms with Gasteiger partial charge in [-0.2, -0.15) is 30.7 Å². The lowest BCUT2D eigenvalue weighted by Gasteiger charge is -2.29. The molecule has 8 heteroatoms. The fraction of sp³-hybridized carbons (Fsp3) is 0.455. The number of aliphatic hydroxyl groups is 1. The SMILES string of the molecule is OCCc1ccccc1C(F)(F)C(F)(F)C(F)(F)F. The van der Waals surface area contributed by atoms with Crippen LogP contribution in [0.1, 0.15) is 11.1 Å². The molecule has 0 aliphatic heterocycles. The Hall–Kier alpha value is -1.31. The van der Waals surface area contributed by atoms with Crippen molar-refractivity contribution in [2.45, 2.75) is 24.4 Å². The normalized spacial score (nSPS) is 13.7. The van der Waals surface area contributed by atoms with Crippen LogP contribution in [0.25, 0.3) is 0 Å². The maximum atomic E-state index is 13.5. The van der Waals surface area contributed by atoms with E-state index in [1.165, 1.54) is 6.07 Å². The maximum Gasteiger partial charge on any atom is 0.460 e. The Bertz CT molecular complexity index is 439. The van der Waals surface area contributed by atoms with Crippen molar-refractivity contribution in [1.29, 1.82) is 0 Å².